The monoisotopic (exact) mass is 306 g/mol. The molecule has 7 heteroatoms. The molecule has 1 aliphatic rings. The molecule has 110 valence electrons. The molecule has 0 spiro atoms. The molecule has 2 aromatic heterocycles. The van der Waals surface area contributed by atoms with Crippen molar-refractivity contribution in [3.05, 3.63) is 40.4 Å². The standard InChI is InChI=1S/C14H15ClN4O2/c1-8-5-11(18-21-8)12-3-2-4-19(12)14-10(15)6-9(7-17-14)13(16)20/h5-7,12H,2-4H2,1H3,(H2,16,20)/t12-/m1/s1. The van der Waals surface area contributed by atoms with E-state index in [1.807, 2.05) is 13.0 Å². The fraction of sp³-hybridized carbons (Fsp3) is 0.357. The van der Waals surface area contributed by atoms with E-state index in [9.17, 15) is 4.79 Å². The Morgan fingerprint density at radius 3 is 2.95 bits per heavy atom. The van der Waals surface area contributed by atoms with Crippen molar-refractivity contribution in [1.82, 2.24) is 10.1 Å². The lowest BCUT2D eigenvalue weighted by atomic mass is 10.1. The molecular weight excluding hydrogens is 292 g/mol. The highest BCUT2D eigenvalue weighted by atomic mass is 35.5. The van der Waals surface area contributed by atoms with Crippen LogP contribution in [0.2, 0.25) is 5.02 Å². The number of hydrogen-bond acceptors (Lipinski definition) is 5. The van der Waals surface area contributed by atoms with Crippen molar-refractivity contribution in [3.63, 3.8) is 0 Å². The number of hydrogen-bond donors (Lipinski definition) is 1. The molecular formula is C14H15ClN4O2. The predicted molar refractivity (Wildman–Crippen MR) is 78.3 cm³/mol. The lowest BCUT2D eigenvalue weighted by Gasteiger charge is -2.25. The second-order valence-corrected chi connectivity index (χ2v) is 5.51. The number of carbonyl (C=O) groups excluding carboxylic acids is 1. The number of primary amides is 1. The molecule has 0 unspecified atom stereocenters. The van der Waals surface area contributed by atoms with Gasteiger partial charge in [-0.1, -0.05) is 16.8 Å². The molecule has 1 atom stereocenters. The van der Waals surface area contributed by atoms with Gasteiger partial charge in [-0.05, 0) is 25.8 Å². The fourth-order valence-electron chi connectivity index (χ4n) is 2.65. The third-order valence-electron chi connectivity index (χ3n) is 3.62. The molecule has 2 aromatic rings. The topological polar surface area (TPSA) is 85.3 Å². The Bertz CT molecular complexity index is 685. The average molecular weight is 307 g/mol. The fourth-order valence-corrected chi connectivity index (χ4v) is 2.92. The predicted octanol–water partition coefficient (Wildman–Crippen LogP) is 2.47. The summed E-state index contributed by atoms with van der Waals surface area (Å²) in [6.07, 6.45) is 3.43. The molecule has 1 fully saturated rings. The normalized spacial score (nSPS) is 18.2. The third kappa shape index (κ3) is 2.58. The Kier molecular flexibility index (Phi) is 3.55. The van der Waals surface area contributed by atoms with E-state index in [2.05, 4.69) is 15.0 Å². The summed E-state index contributed by atoms with van der Waals surface area (Å²) in [7, 11) is 0. The van der Waals surface area contributed by atoms with Gasteiger partial charge < -0.3 is 15.2 Å². The highest BCUT2D eigenvalue weighted by Crippen LogP contribution is 2.37. The van der Waals surface area contributed by atoms with Gasteiger partial charge in [0.15, 0.2) is 0 Å². The molecule has 0 radical (unpaired) electrons. The molecule has 0 bridgehead atoms. The minimum Gasteiger partial charge on any atom is -0.366 e. The second-order valence-electron chi connectivity index (χ2n) is 5.11. The highest BCUT2D eigenvalue weighted by Gasteiger charge is 2.30. The Labute approximate surface area is 126 Å². The summed E-state index contributed by atoms with van der Waals surface area (Å²) in [5.74, 6) is 0.880. The summed E-state index contributed by atoms with van der Waals surface area (Å²) in [5.41, 5.74) is 6.41. The number of halogens is 1. The van der Waals surface area contributed by atoms with Crippen molar-refractivity contribution < 1.29 is 9.32 Å². The first-order valence-electron chi connectivity index (χ1n) is 6.71. The lowest BCUT2D eigenvalue weighted by Crippen LogP contribution is -2.24. The quantitative estimate of drug-likeness (QED) is 0.941. The van der Waals surface area contributed by atoms with E-state index in [1.54, 1.807) is 6.07 Å². The van der Waals surface area contributed by atoms with Gasteiger partial charge in [-0.25, -0.2) is 4.98 Å². The van der Waals surface area contributed by atoms with Gasteiger partial charge in [-0.2, -0.15) is 0 Å². The van der Waals surface area contributed by atoms with Gasteiger partial charge in [0, 0.05) is 18.8 Å². The summed E-state index contributed by atoms with van der Waals surface area (Å²) >= 11 is 6.26. The van der Waals surface area contributed by atoms with E-state index < -0.39 is 5.91 Å². The van der Waals surface area contributed by atoms with Crippen LogP contribution in [0.25, 0.3) is 0 Å². The van der Waals surface area contributed by atoms with Gasteiger partial charge in [0.25, 0.3) is 0 Å². The highest BCUT2D eigenvalue weighted by molar-refractivity contribution is 6.33. The smallest absolute Gasteiger partial charge is 0.250 e. The number of nitrogens with two attached hydrogens (primary N) is 1. The molecule has 21 heavy (non-hydrogen) atoms. The maximum atomic E-state index is 11.2. The van der Waals surface area contributed by atoms with Crippen LogP contribution in [0.15, 0.2) is 22.9 Å². The van der Waals surface area contributed by atoms with E-state index in [1.165, 1.54) is 6.20 Å². The Morgan fingerprint density at radius 2 is 2.33 bits per heavy atom. The number of aryl methyl sites for hydroxylation is 1. The Morgan fingerprint density at radius 1 is 1.52 bits per heavy atom. The van der Waals surface area contributed by atoms with Gasteiger partial charge in [0.1, 0.15) is 17.3 Å². The summed E-state index contributed by atoms with van der Waals surface area (Å²) in [4.78, 5) is 17.5. The number of carbonyl (C=O) groups is 1. The molecule has 0 aliphatic carbocycles. The minimum absolute atomic E-state index is 0.0897. The van der Waals surface area contributed by atoms with Gasteiger partial charge in [-0.15, -0.1) is 0 Å². The SMILES string of the molecule is Cc1cc([C@H]2CCCN2c2ncc(C(N)=O)cc2Cl)no1. The zero-order chi connectivity index (χ0) is 15.0. The van der Waals surface area contributed by atoms with Crippen molar-refractivity contribution >= 4 is 23.3 Å². The van der Waals surface area contributed by atoms with Gasteiger partial charge >= 0.3 is 0 Å². The largest absolute Gasteiger partial charge is 0.366 e. The number of pyridine rings is 1. The van der Waals surface area contributed by atoms with E-state index >= 15 is 0 Å². The van der Waals surface area contributed by atoms with Crippen LogP contribution in [-0.4, -0.2) is 22.6 Å². The van der Waals surface area contributed by atoms with E-state index in [0.717, 1.165) is 30.8 Å². The summed E-state index contributed by atoms with van der Waals surface area (Å²) < 4.78 is 5.15. The Balaban J connectivity index is 1.93. The van der Waals surface area contributed by atoms with E-state index in [4.69, 9.17) is 21.9 Å². The van der Waals surface area contributed by atoms with Crippen molar-refractivity contribution in [1.29, 1.82) is 0 Å². The van der Waals surface area contributed by atoms with Crippen LogP contribution in [-0.2, 0) is 0 Å². The first kappa shape index (κ1) is 13.9. The molecule has 3 rings (SSSR count). The van der Waals surface area contributed by atoms with Crippen LogP contribution >= 0.6 is 11.6 Å². The number of anilines is 1. The lowest BCUT2D eigenvalue weighted by molar-refractivity contribution is 0.1000. The first-order chi connectivity index (χ1) is 10.1. The zero-order valence-corrected chi connectivity index (χ0v) is 12.3. The van der Waals surface area contributed by atoms with Crippen LogP contribution < -0.4 is 10.6 Å². The third-order valence-corrected chi connectivity index (χ3v) is 3.90. The second kappa shape index (κ2) is 5.37. The summed E-state index contributed by atoms with van der Waals surface area (Å²) in [6, 6.07) is 3.57. The van der Waals surface area contributed by atoms with Crippen LogP contribution in [0.5, 0.6) is 0 Å². The minimum atomic E-state index is -0.541. The van der Waals surface area contributed by atoms with Crippen molar-refractivity contribution in [2.75, 3.05) is 11.4 Å². The van der Waals surface area contributed by atoms with Crippen LogP contribution in [0.4, 0.5) is 5.82 Å². The van der Waals surface area contributed by atoms with Crippen molar-refractivity contribution in [2.45, 2.75) is 25.8 Å². The molecule has 1 amide bonds. The van der Waals surface area contributed by atoms with Crippen LogP contribution in [0.3, 0.4) is 0 Å². The molecule has 0 saturated carbocycles. The maximum absolute atomic E-state index is 11.2. The van der Waals surface area contributed by atoms with Crippen LogP contribution in [0.1, 0.15) is 40.7 Å². The van der Waals surface area contributed by atoms with Gasteiger partial charge in [0.05, 0.1) is 16.6 Å². The first-order valence-corrected chi connectivity index (χ1v) is 7.09. The van der Waals surface area contributed by atoms with Crippen LogP contribution in [0, 0.1) is 6.92 Å². The molecule has 3 heterocycles. The zero-order valence-electron chi connectivity index (χ0n) is 11.5. The molecule has 6 nitrogen and oxygen atoms in total. The molecule has 2 N–H and O–H groups in total. The molecule has 1 aliphatic heterocycles. The van der Waals surface area contributed by atoms with Crippen molar-refractivity contribution in [3.8, 4) is 0 Å². The molecule has 0 aromatic carbocycles. The number of nitrogens with zero attached hydrogens (tertiary/aromatic N) is 3. The number of aromatic nitrogens is 2. The average Bonchev–Trinajstić information content (AvgIpc) is 3.06. The maximum Gasteiger partial charge on any atom is 0.250 e. The van der Waals surface area contributed by atoms with Crippen molar-refractivity contribution in [2.24, 2.45) is 5.73 Å². The number of rotatable bonds is 3. The van der Waals surface area contributed by atoms with Gasteiger partial charge in [-0.3, -0.25) is 4.79 Å². The Hall–Kier alpha value is -2.08. The summed E-state index contributed by atoms with van der Waals surface area (Å²) in [6.45, 7) is 2.70. The van der Waals surface area contributed by atoms with Gasteiger partial charge in [0.2, 0.25) is 5.91 Å². The van der Waals surface area contributed by atoms with E-state index in [0.29, 0.717) is 16.4 Å². The summed E-state index contributed by atoms with van der Waals surface area (Å²) in [5, 5.41) is 4.50. The molecule has 1 saturated heterocycles. The number of amides is 1. The van der Waals surface area contributed by atoms with E-state index in [-0.39, 0.29) is 6.04 Å².